The predicted molar refractivity (Wildman–Crippen MR) is 101 cm³/mol. The number of nitrogens with zero attached hydrogens (tertiary/aromatic N) is 1. The minimum atomic E-state index is -3.68. The first-order chi connectivity index (χ1) is 12.0. The van der Waals surface area contributed by atoms with Crippen molar-refractivity contribution in [3.63, 3.8) is 0 Å². The molecule has 2 heterocycles. The van der Waals surface area contributed by atoms with Crippen LogP contribution >= 0.6 is 12.4 Å². The third kappa shape index (κ3) is 4.55. The highest BCUT2D eigenvalue weighted by molar-refractivity contribution is 7.89. The maximum Gasteiger partial charge on any atom is 0.252 e. The maximum atomic E-state index is 12.9. The van der Waals surface area contributed by atoms with Gasteiger partial charge in [0.2, 0.25) is 10.0 Å². The number of carbonyl (C=O) groups excluding carboxylic acids is 1. The van der Waals surface area contributed by atoms with Gasteiger partial charge in [-0.15, -0.1) is 12.4 Å². The Morgan fingerprint density at radius 3 is 2.54 bits per heavy atom. The smallest absolute Gasteiger partial charge is 0.252 e. The van der Waals surface area contributed by atoms with E-state index in [9.17, 15) is 18.3 Å². The third-order valence-corrected chi connectivity index (χ3v) is 6.85. The molecule has 2 atom stereocenters. The monoisotopic (exact) mass is 403 g/mol. The molecule has 26 heavy (non-hydrogen) atoms. The van der Waals surface area contributed by atoms with Crippen LogP contribution in [-0.4, -0.2) is 62.6 Å². The summed E-state index contributed by atoms with van der Waals surface area (Å²) < 4.78 is 27.3. The summed E-state index contributed by atoms with van der Waals surface area (Å²) in [6.45, 7) is 2.46. The van der Waals surface area contributed by atoms with Crippen LogP contribution < -0.4 is 10.6 Å². The Bertz CT molecular complexity index is 722. The van der Waals surface area contributed by atoms with Crippen molar-refractivity contribution >= 4 is 28.3 Å². The van der Waals surface area contributed by atoms with Crippen molar-refractivity contribution in [3.05, 3.63) is 29.8 Å². The molecular weight excluding hydrogens is 378 g/mol. The number of β-amino-alcohol motifs (C(OH)–C–C–N with tert-alkyl or cyclic N) is 1. The first-order valence-electron chi connectivity index (χ1n) is 8.76. The average Bonchev–Trinajstić information content (AvgIpc) is 3.05. The van der Waals surface area contributed by atoms with Crippen molar-refractivity contribution in [2.24, 2.45) is 5.92 Å². The molecule has 0 aromatic heterocycles. The summed E-state index contributed by atoms with van der Waals surface area (Å²) >= 11 is 0. The van der Waals surface area contributed by atoms with Gasteiger partial charge >= 0.3 is 0 Å². The van der Waals surface area contributed by atoms with Crippen LogP contribution in [0.1, 0.15) is 29.6 Å². The van der Waals surface area contributed by atoms with Gasteiger partial charge in [0.1, 0.15) is 0 Å². The minimum absolute atomic E-state index is 0. The third-order valence-electron chi connectivity index (χ3n) is 4.89. The topological polar surface area (TPSA) is 98.7 Å². The van der Waals surface area contributed by atoms with Crippen LogP contribution in [0, 0.1) is 5.92 Å². The van der Waals surface area contributed by atoms with E-state index in [1.165, 1.54) is 16.4 Å². The van der Waals surface area contributed by atoms with Crippen LogP contribution in [0.3, 0.4) is 0 Å². The zero-order valence-corrected chi connectivity index (χ0v) is 16.2. The molecule has 0 spiro atoms. The number of aliphatic hydroxyl groups is 1. The van der Waals surface area contributed by atoms with Crippen LogP contribution in [0.15, 0.2) is 29.2 Å². The van der Waals surface area contributed by atoms with E-state index < -0.39 is 22.0 Å². The molecule has 0 saturated carbocycles. The van der Waals surface area contributed by atoms with Gasteiger partial charge in [0.05, 0.1) is 16.6 Å². The molecule has 3 rings (SSSR count). The molecular formula is C17H26ClN3O4S. The zero-order chi connectivity index (χ0) is 17.9. The number of carbonyl (C=O) groups is 1. The van der Waals surface area contributed by atoms with E-state index in [1.54, 1.807) is 12.1 Å². The Morgan fingerprint density at radius 1 is 1.19 bits per heavy atom. The van der Waals surface area contributed by atoms with Crippen LogP contribution in [0.25, 0.3) is 0 Å². The summed E-state index contributed by atoms with van der Waals surface area (Å²) in [6, 6.07) is 6.33. The number of amides is 1. The number of benzene rings is 1. The van der Waals surface area contributed by atoms with E-state index >= 15 is 0 Å². The number of halogens is 1. The largest absolute Gasteiger partial charge is 0.391 e. The molecule has 2 fully saturated rings. The fourth-order valence-corrected chi connectivity index (χ4v) is 5.08. The second-order valence-electron chi connectivity index (χ2n) is 6.66. The molecule has 1 amide bonds. The fourth-order valence-electron chi connectivity index (χ4n) is 3.37. The Hall–Kier alpha value is -1.19. The van der Waals surface area contributed by atoms with E-state index in [1.807, 2.05) is 0 Å². The molecule has 2 aliphatic heterocycles. The summed E-state index contributed by atoms with van der Waals surface area (Å²) in [6.07, 6.45) is 2.24. The van der Waals surface area contributed by atoms with E-state index in [-0.39, 0.29) is 28.8 Å². The normalized spacial score (nSPS) is 24.0. The molecule has 1 aromatic carbocycles. The molecule has 3 N–H and O–H groups in total. The van der Waals surface area contributed by atoms with Gasteiger partial charge in [0.15, 0.2) is 0 Å². The first kappa shape index (κ1) is 21.1. The molecule has 9 heteroatoms. The number of piperidine rings is 1. The number of nitrogens with one attached hydrogen (secondary N) is 2. The van der Waals surface area contributed by atoms with Gasteiger partial charge in [-0.1, -0.05) is 18.6 Å². The van der Waals surface area contributed by atoms with Crippen molar-refractivity contribution in [3.8, 4) is 0 Å². The van der Waals surface area contributed by atoms with Gasteiger partial charge in [-0.25, -0.2) is 8.42 Å². The lowest BCUT2D eigenvalue weighted by atomic mass is 10.1. The molecule has 146 valence electrons. The fraction of sp³-hybridized carbons (Fsp3) is 0.588. The number of aliphatic hydroxyl groups excluding tert-OH is 1. The minimum Gasteiger partial charge on any atom is -0.391 e. The van der Waals surface area contributed by atoms with Crippen molar-refractivity contribution in [2.75, 3.05) is 32.7 Å². The molecule has 2 saturated heterocycles. The second kappa shape index (κ2) is 9.14. The van der Waals surface area contributed by atoms with Crippen LogP contribution in [0.4, 0.5) is 0 Å². The van der Waals surface area contributed by atoms with Gasteiger partial charge in [-0.2, -0.15) is 4.31 Å². The summed E-state index contributed by atoms with van der Waals surface area (Å²) in [4.78, 5) is 12.6. The highest BCUT2D eigenvalue weighted by atomic mass is 35.5. The van der Waals surface area contributed by atoms with E-state index in [0.717, 1.165) is 19.3 Å². The predicted octanol–water partition coefficient (Wildman–Crippen LogP) is 0.593. The lowest BCUT2D eigenvalue weighted by molar-refractivity contribution is 0.0923. The molecule has 0 bridgehead atoms. The summed E-state index contributed by atoms with van der Waals surface area (Å²) in [5, 5.41) is 15.6. The van der Waals surface area contributed by atoms with E-state index in [0.29, 0.717) is 32.7 Å². The van der Waals surface area contributed by atoms with Crippen LogP contribution in [0.5, 0.6) is 0 Å². The highest BCUT2D eigenvalue weighted by Gasteiger charge is 2.30. The summed E-state index contributed by atoms with van der Waals surface area (Å²) in [5.41, 5.74) is 0.161. The zero-order valence-electron chi connectivity index (χ0n) is 14.6. The molecule has 2 unspecified atom stereocenters. The SMILES string of the molecule is Cl.O=C(NCC1CNCC1O)c1ccccc1S(=O)(=O)N1CCCCC1. The Kier molecular flexibility index (Phi) is 7.42. The van der Waals surface area contributed by atoms with Gasteiger partial charge in [-0.05, 0) is 25.0 Å². The molecule has 1 aromatic rings. The Labute approximate surface area is 160 Å². The molecule has 0 radical (unpaired) electrons. The van der Waals surface area contributed by atoms with Crippen molar-refractivity contribution < 1.29 is 18.3 Å². The molecule has 2 aliphatic rings. The van der Waals surface area contributed by atoms with Gasteiger partial charge in [-0.3, -0.25) is 4.79 Å². The van der Waals surface area contributed by atoms with Crippen molar-refractivity contribution in [1.82, 2.24) is 14.9 Å². The average molecular weight is 404 g/mol. The van der Waals surface area contributed by atoms with Crippen molar-refractivity contribution in [1.29, 1.82) is 0 Å². The Balaban J connectivity index is 0.00000243. The lowest BCUT2D eigenvalue weighted by Gasteiger charge is -2.26. The standard InChI is InChI=1S/C17H25N3O4S.ClH/c21-15-12-18-10-13(15)11-19-17(22)14-6-2-3-7-16(14)25(23,24)20-8-4-1-5-9-20;/h2-3,6-7,13,15,18,21H,1,4-5,8-12H2,(H,19,22);1H. The maximum absolute atomic E-state index is 12.9. The highest BCUT2D eigenvalue weighted by Crippen LogP contribution is 2.23. The van der Waals surface area contributed by atoms with Gasteiger partial charge in [0.25, 0.3) is 5.91 Å². The second-order valence-corrected chi connectivity index (χ2v) is 8.56. The Morgan fingerprint density at radius 2 is 1.88 bits per heavy atom. The van der Waals surface area contributed by atoms with Crippen LogP contribution in [-0.2, 0) is 10.0 Å². The van der Waals surface area contributed by atoms with Gasteiger partial charge < -0.3 is 15.7 Å². The summed E-state index contributed by atoms with van der Waals surface area (Å²) in [5.74, 6) is -0.481. The summed E-state index contributed by atoms with van der Waals surface area (Å²) in [7, 11) is -3.68. The first-order valence-corrected chi connectivity index (χ1v) is 10.2. The van der Waals surface area contributed by atoms with E-state index in [4.69, 9.17) is 0 Å². The molecule has 7 nitrogen and oxygen atoms in total. The number of sulfonamides is 1. The quantitative estimate of drug-likeness (QED) is 0.668. The number of hydrogen-bond acceptors (Lipinski definition) is 5. The number of hydrogen-bond donors (Lipinski definition) is 3. The molecule has 0 aliphatic carbocycles. The van der Waals surface area contributed by atoms with Gasteiger partial charge in [0, 0.05) is 38.6 Å². The van der Waals surface area contributed by atoms with Crippen molar-refractivity contribution in [2.45, 2.75) is 30.3 Å². The number of rotatable bonds is 5. The van der Waals surface area contributed by atoms with Crippen LogP contribution in [0.2, 0.25) is 0 Å². The lowest BCUT2D eigenvalue weighted by Crippen LogP contribution is -2.38. The van der Waals surface area contributed by atoms with E-state index in [2.05, 4.69) is 10.6 Å².